The molecular formula is C20H17N. The highest BCUT2D eigenvalue weighted by atomic mass is 14.6. The highest BCUT2D eigenvalue weighted by Crippen LogP contribution is 2.25. The van der Waals surface area contributed by atoms with Crippen molar-refractivity contribution < 1.29 is 0 Å². The lowest BCUT2D eigenvalue weighted by Crippen LogP contribution is -1.90. The third kappa shape index (κ3) is 3.21. The average Bonchev–Trinajstić information content (AvgIpc) is 2.56. The Hall–Kier alpha value is -2.80. The lowest BCUT2D eigenvalue weighted by molar-refractivity contribution is 1.59. The van der Waals surface area contributed by atoms with Crippen molar-refractivity contribution in [3.63, 3.8) is 0 Å². The summed E-state index contributed by atoms with van der Waals surface area (Å²) in [5, 5.41) is 0. The van der Waals surface area contributed by atoms with Gasteiger partial charge in [0.1, 0.15) is 0 Å². The zero-order valence-electron chi connectivity index (χ0n) is 11.7. The molecule has 0 fully saturated rings. The van der Waals surface area contributed by atoms with Gasteiger partial charge in [0, 0.05) is 5.69 Å². The Labute approximate surface area is 125 Å². The summed E-state index contributed by atoms with van der Waals surface area (Å²) >= 11 is 0. The Bertz CT molecular complexity index is 743. The predicted octanol–water partition coefficient (Wildman–Crippen LogP) is 5.11. The molecule has 2 N–H and O–H groups in total. The molecule has 0 saturated heterocycles. The fourth-order valence-electron chi connectivity index (χ4n) is 2.28. The first kappa shape index (κ1) is 13.2. The van der Waals surface area contributed by atoms with Crippen LogP contribution < -0.4 is 5.73 Å². The fourth-order valence-corrected chi connectivity index (χ4v) is 2.28. The molecule has 0 atom stereocenters. The SMILES string of the molecule is Nc1ccc(-c2ccccc2)cc1C=Cc1ccccc1. The van der Waals surface area contributed by atoms with E-state index in [1.165, 1.54) is 16.7 Å². The standard InChI is InChI=1S/C20H17N/c21-20-14-13-18(17-9-5-2-6-10-17)15-19(20)12-11-16-7-3-1-4-8-16/h1-15H,21H2. The van der Waals surface area contributed by atoms with Gasteiger partial charge in [0.15, 0.2) is 0 Å². The molecule has 3 rings (SSSR count). The van der Waals surface area contributed by atoms with E-state index in [1.54, 1.807) is 0 Å². The molecule has 0 bridgehead atoms. The second-order valence-electron chi connectivity index (χ2n) is 4.95. The first-order chi connectivity index (χ1) is 10.3. The van der Waals surface area contributed by atoms with Crippen molar-refractivity contribution >= 4 is 17.8 Å². The van der Waals surface area contributed by atoms with Crippen LogP contribution >= 0.6 is 0 Å². The molecule has 0 unspecified atom stereocenters. The summed E-state index contributed by atoms with van der Waals surface area (Å²) in [7, 11) is 0. The summed E-state index contributed by atoms with van der Waals surface area (Å²) in [6, 6.07) is 26.7. The summed E-state index contributed by atoms with van der Waals surface area (Å²) in [4.78, 5) is 0. The summed E-state index contributed by atoms with van der Waals surface area (Å²) in [6.45, 7) is 0. The predicted molar refractivity (Wildman–Crippen MR) is 91.7 cm³/mol. The van der Waals surface area contributed by atoms with E-state index in [0.717, 1.165) is 11.3 Å². The quantitative estimate of drug-likeness (QED) is 0.520. The number of anilines is 1. The van der Waals surface area contributed by atoms with Crippen molar-refractivity contribution in [2.45, 2.75) is 0 Å². The van der Waals surface area contributed by atoms with E-state index in [2.05, 4.69) is 48.6 Å². The molecule has 0 saturated carbocycles. The highest BCUT2D eigenvalue weighted by molar-refractivity contribution is 5.79. The molecule has 3 aromatic rings. The van der Waals surface area contributed by atoms with Crippen LogP contribution in [0.4, 0.5) is 5.69 Å². The van der Waals surface area contributed by atoms with Crippen LogP contribution in [-0.4, -0.2) is 0 Å². The second kappa shape index (κ2) is 6.10. The lowest BCUT2D eigenvalue weighted by Gasteiger charge is -2.06. The summed E-state index contributed by atoms with van der Waals surface area (Å²) in [6.07, 6.45) is 4.15. The second-order valence-corrected chi connectivity index (χ2v) is 4.95. The van der Waals surface area contributed by atoms with Crippen LogP contribution in [0.3, 0.4) is 0 Å². The van der Waals surface area contributed by atoms with Crippen LogP contribution in [0.5, 0.6) is 0 Å². The molecule has 0 heterocycles. The number of rotatable bonds is 3. The lowest BCUT2D eigenvalue weighted by atomic mass is 10.0. The molecule has 3 aromatic carbocycles. The van der Waals surface area contributed by atoms with Gasteiger partial charge in [-0.1, -0.05) is 78.9 Å². The van der Waals surface area contributed by atoms with Gasteiger partial charge in [-0.2, -0.15) is 0 Å². The largest absolute Gasteiger partial charge is 0.398 e. The van der Waals surface area contributed by atoms with E-state index in [-0.39, 0.29) is 0 Å². The molecular weight excluding hydrogens is 254 g/mol. The first-order valence-corrected chi connectivity index (χ1v) is 7.01. The maximum Gasteiger partial charge on any atom is 0.0388 e. The zero-order valence-corrected chi connectivity index (χ0v) is 11.7. The molecule has 0 aliphatic heterocycles. The molecule has 0 spiro atoms. The number of hydrogen-bond acceptors (Lipinski definition) is 1. The first-order valence-electron chi connectivity index (χ1n) is 7.01. The summed E-state index contributed by atoms with van der Waals surface area (Å²) in [5.41, 5.74) is 11.5. The van der Waals surface area contributed by atoms with E-state index >= 15 is 0 Å². The van der Waals surface area contributed by atoms with Gasteiger partial charge in [-0.25, -0.2) is 0 Å². The minimum absolute atomic E-state index is 0.793. The van der Waals surface area contributed by atoms with E-state index in [9.17, 15) is 0 Å². The highest BCUT2D eigenvalue weighted by Gasteiger charge is 2.00. The van der Waals surface area contributed by atoms with Crippen LogP contribution in [0.2, 0.25) is 0 Å². The fraction of sp³-hybridized carbons (Fsp3) is 0. The maximum atomic E-state index is 6.08. The van der Waals surface area contributed by atoms with Crippen LogP contribution in [0, 0.1) is 0 Å². The summed E-state index contributed by atoms with van der Waals surface area (Å²) in [5.74, 6) is 0. The van der Waals surface area contributed by atoms with Gasteiger partial charge < -0.3 is 5.73 Å². The molecule has 0 amide bonds. The van der Waals surface area contributed by atoms with Crippen LogP contribution in [0.15, 0.2) is 78.9 Å². The third-order valence-corrected chi connectivity index (χ3v) is 3.45. The van der Waals surface area contributed by atoms with Crippen molar-refractivity contribution in [3.8, 4) is 11.1 Å². The van der Waals surface area contributed by atoms with Gasteiger partial charge in [-0.05, 0) is 34.4 Å². The molecule has 0 radical (unpaired) electrons. The summed E-state index contributed by atoms with van der Waals surface area (Å²) < 4.78 is 0. The Morgan fingerprint density at radius 2 is 1.29 bits per heavy atom. The minimum atomic E-state index is 0.793. The van der Waals surface area contributed by atoms with E-state index < -0.39 is 0 Å². The topological polar surface area (TPSA) is 26.0 Å². The Morgan fingerprint density at radius 1 is 0.619 bits per heavy atom. The van der Waals surface area contributed by atoms with Gasteiger partial charge in [0.25, 0.3) is 0 Å². The van der Waals surface area contributed by atoms with Crippen LogP contribution in [-0.2, 0) is 0 Å². The monoisotopic (exact) mass is 271 g/mol. The van der Waals surface area contributed by atoms with Gasteiger partial charge in [0.05, 0.1) is 0 Å². The normalized spacial score (nSPS) is 10.9. The van der Waals surface area contributed by atoms with E-state index in [1.807, 2.05) is 42.5 Å². The molecule has 102 valence electrons. The van der Waals surface area contributed by atoms with Gasteiger partial charge >= 0.3 is 0 Å². The molecule has 0 aliphatic carbocycles. The van der Waals surface area contributed by atoms with Crippen molar-refractivity contribution in [1.29, 1.82) is 0 Å². The smallest absolute Gasteiger partial charge is 0.0388 e. The minimum Gasteiger partial charge on any atom is -0.398 e. The average molecular weight is 271 g/mol. The molecule has 0 aromatic heterocycles. The molecule has 21 heavy (non-hydrogen) atoms. The van der Waals surface area contributed by atoms with Crippen molar-refractivity contribution in [3.05, 3.63) is 90.0 Å². The van der Waals surface area contributed by atoms with Crippen molar-refractivity contribution in [2.24, 2.45) is 0 Å². The van der Waals surface area contributed by atoms with E-state index in [0.29, 0.717) is 0 Å². The zero-order chi connectivity index (χ0) is 14.5. The van der Waals surface area contributed by atoms with Crippen LogP contribution in [0.1, 0.15) is 11.1 Å². The van der Waals surface area contributed by atoms with Crippen molar-refractivity contribution in [2.75, 3.05) is 5.73 Å². The number of hydrogen-bond donors (Lipinski definition) is 1. The van der Waals surface area contributed by atoms with Crippen LogP contribution in [0.25, 0.3) is 23.3 Å². The van der Waals surface area contributed by atoms with Crippen molar-refractivity contribution in [1.82, 2.24) is 0 Å². The Kier molecular flexibility index (Phi) is 3.83. The van der Waals surface area contributed by atoms with Gasteiger partial charge in [0.2, 0.25) is 0 Å². The van der Waals surface area contributed by atoms with E-state index in [4.69, 9.17) is 5.73 Å². The molecule has 1 heteroatoms. The number of nitrogen functional groups attached to an aromatic ring is 1. The third-order valence-electron chi connectivity index (χ3n) is 3.45. The maximum absolute atomic E-state index is 6.08. The molecule has 1 nitrogen and oxygen atoms in total. The Morgan fingerprint density at radius 3 is 2.00 bits per heavy atom. The Balaban J connectivity index is 1.94. The van der Waals surface area contributed by atoms with Gasteiger partial charge in [-0.15, -0.1) is 0 Å². The number of nitrogens with two attached hydrogens (primary N) is 1. The van der Waals surface area contributed by atoms with Gasteiger partial charge in [-0.3, -0.25) is 0 Å². The molecule has 0 aliphatic rings. The number of benzene rings is 3.